The normalized spacial score (nSPS) is 25.7. The number of hydrogen-bond acceptors (Lipinski definition) is 6. The number of aliphatic hydroxyl groups is 1. The van der Waals surface area contributed by atoms with Crippen molar-refractivity contribution in [3.8, 4) is 17.2 Å². The number of aliphatic hydroxyl groups excluding tert-OH is 1. The van der Waals surface area contributed by atoms with E-state index in [2.05, 4.69) is 56.0 Å². The minimum Gasteiger partial charge on any atom is -0.476 e. The molecule has 1 N–H and O–H groups in total. The van der Waals surface area contributed by atoms with Crippen LogP contribution in [0.4, 0.5) is 0 Å². The molecule has 0 aromatic heterocycles. The third kappa shape index (κ3) is 3.37. The Morgan fingerprint density at radius 3 is 2.72 bits per heavy atom. The van der Waals surface area contributed by atoms with Crippen LogP contribution in [0.25, 0.3) is 0 Å². The minimum atomic E-state index is -0.219. The van der Waals surface area contributed by atoms with Gasteiger partial charge in [-0.1, -0.05) is 30.8 Å². The van der Waals surface area contributed by atoms with Crippen molar-refractivity contribution < 1.29 is 19.3 Å². The van der Waals surface area contributed by atoms with Gasteiger partial charge in [-0.3, -0.25) is 4.90 Å². The van der Waals surface area contributed by atoms with Crippen LogP contribution < -0.4 is 14.2 Å². The second-order valence-corrected chi connectivity index (χ2v) is 10.2. The molecular formula is C23H27NO4S. The van der Waals surface area contributed by atoms with E-state index in [1.807, 2.05) is 6.07 Å². The lowest BCUT2D eigenvalue weighted by Gasteiger charge is -2.32. The van der Waals surface area contributed by atoms with Gasteiger partial charge < -0.3 is 19.3 Å². The van der Waals surface area contributed by atoms with Gasteiger partial charge in [-0.05, 0) is 68.0 Å². The van der Waals surface area contributed by atoms with Crippen LogP contribution in [-0.2, 0) is 0 Å². The van der Waals surface area contributed by atoms with Crippen LogP contribution in [0.5, 0.6) is 17.2 Å². The summed E-state index contributed by atoms with van der Waals surface area (Å²) in [6, 6.07) is 13.2. The van der Waals surface area contributed by atoms with Crippen molar-refractivity contribution in [1.82, 2.24) is 4.90 Å². The number of ether oxygens (including phenoxy) is 3. The van der Waals surface area contributed by atoms with Gasteiger partial charge in [-0.2, -0.15) is 0 Å². The predicted molar refractivity (Wildman–Crippen MR) is 113 cm³/mol. The fourth-order valence-electron chi connectivity index (χ4n) is 4.86. The van der Waals surface area contributed by atoms with Crippen LogP contribution in [0.3, 0.4) is 0 Å². The quantitative estimate of drug-likeness (QED) is 0.770. The number of likely N-dealkylation sites (tertiary alicyclic amines) is 1. The SMILES string of the molecule is CC(c1ccc2c(c1)OCO2)C1CCC(c2ccc3c(c2)SC(C)(C)O3)N1CO. The summed E-state index contributed by atoms with van der Waals surface area (Å²) < 4.78 is 17.0. The molecular weight excluding hydrogens is 386 g/mol. The van der Waals surface area contributed by atoms with Crippen molar-refractivity contribution in [3.05, 3.63) is 47.5 Å². The Kier molecular flexibility index (Phi) is 4.68. The molecule has 3 unspecified atom stereocenters. The van der Waals surface area contributed by atoms with Crippen LogP contribution in [-0.4, -0.2) is 34.5 Å². The highest BCUT2D eigenvalue weighted by molar-refractivity contribution is 8.00. The van der Waals surface area contributed by atoms with E-state index in [9.17, 15) is 5.11 Å². The largest absolute Gasteiger partial charge is 0.476 e. The standard InChI is InChI=1S/C23H27NO4S/c1-14(15-4-8-19-21(10-15)27-13-26-19)17-6-7-18(24(17)12-25)16-5-9-20-22(11-16)29-23(2,3)28-20/h4-5,8-11,14,17-18,25H,6-7,12-13H2,1-3H3. The second-order valence-electron chi connectivity index (χ2n) is 8.53. The Hall–Kier alpha value is -1.89. The van der Waals surface area contributed by atoms with Crippen molar-refractivity contribution in [2.45, 2.75) is 61.4 Å². The van der Waals surface area contributed by atoms with Crippen molar-refractivity contribution in [3.63, 3.8) is 0 Å². The predicted octanol–water partition coefficient (Wildman–Crippen LogP) is 4.89. The molecule has 3 heterocycles. The van der Waals surface area contributed by atoms with Gasteiger partial charge in [-0.15, -0.1) is 0 Å². The van der Waals surface area contributed by atoms with Gasteiger partial charge >= 0.3 is 0 Å². The van der Waals surface area contributed by atoms with Gasteiger partial charge in [0.1, 0.15) is 5.75 Å². The van der Waals surface area contributed by atoms with E-state index in [1.165, 1.54) is 16.0 Å². The van der Waals surface area contributed by atoms with E-state index in [4.69, 9.17) is 14.2 Å². The molecule has 3 aliphatic rings. The molecule has 2 aromatic rings. The molecule has 5 nitrogen and oxygen atoms in total. The maximum absolute atomic E-state index is 10.2. The number of nitrogens with zero attached hydrogens (tertiary/aromatic N) is 1. The van der Waals surface area contributed by atoms with Crippen LogP contribution in [0, 0.1) is 0 Å². The minimum absolute atomic E-state index is 0.0520. The number of benzene rings is 2. The highest BCUT2D eigenvalue weighted by Gasteiger charge is 2.39. The topological polar surface area (TPSA) is 51.2 Å². The van der Waals surface area contributed by atoms with Crippen molar-refractivity contribution >= 4 is 11.8 Å². The molecule has 2 aromatic carbocycles. The average Bonchev–Trinajstić information content (AvgIpc) is 3.40. The Bertz CT molecular complexity index is 931. The highest BCUT2D eigenvalue weighted by atomic mass is 32.2. The zero-order valence-electron chi connectivity index (χ0n) is 17.1. The maximum Gasteiger partial charge on any atom is 0.231 e. The first-order valence-electron chi connectivity index (χ1n) is 10.2. The van der Waals surface area contributed by atoms with E-state index in [-0.39, 0.29) is 36.5 Å². The van der Waals surface area contributed by atoms with E-state index in [0.717, 1.165) is 30.1 Å². The number of rotatable bonds is 4. The van der Waals surface area contributed by atoms with E-state index in [0.29, 0.717) is 0 Å². The number of hydrogen-bond donors (Lipinski definition) is 1. The first kappa shape index (κ1) is 19.1. The highest BCUT2D eigenvalue weighted by Crippen LogP contribution is 2.49. The van der Waals surface area contributed by atoms with Gasteiger partial charge in [0.2, 0.25) is 6.79 Å². The first-order chi connectivity index (χ1) is 13.9. The number of thioether (sulfide) groups is 1. The van der Waals surface area contributed by atoms with Gasteiger partial charge in [0, 0.05) is 12.1 Å². The van der Waals surface area contributed by atoms with Crippen molar-refractivity contribution in [2.75, 3.05) is 13.5 Å². The van der Waals surface area contributed by atoms with Crippen LogP contribution in [0.15, 0.2) is 41.3 Å². The number of fused-ring (bicyclic) bond motifs is 2. The Labute approximate surface area is 176 Å². The van der Waals surface area contributed by atoms with E-state index in [1.54, 1.807) is 11.8 Å². The fourth-order valence-corrected chi connectivity index (χ4v) is 5.92. The molecule has 1 saturated heterocycles. The summed E-state index contributed by atoms with van der Waals surface area (Å²) in [6.07, 6.45) is 2.08. The molecule has 0 radical (unpaired) electrons. The Morgan fingerprint density at radius 2 is 1.90 bits per heavy atom. The first-order valence-corrected chi connectivity index (χ1v) is 11.0. The molecule has 154 valence electrons. The molecule has 0 amide bonds. The van der Waals surface area contributed by atoms with Crippen LogP contribution in [0.2, 0.25) is 0 Å². The molecule has 0 aliphatic carbocycles. The van der Waals surface area contributed by atoms with Gasteiger partial charge in [0.25, 0.3) is 0 Å². The summed E-state index contributed by atoms with van der Waals surface area (Å²) in [7, 11) is 0. The summed E-state index contributed by atoms with van der Waals surface area (Å²) in [5, 5.41) is 10.2. The van der Waals surface area contributed by atoms with Gasteiger partial charge in [0.05, 0.1) is 11.6 Å². The summed E-state index contributed by atoms with van der Waals surface area (Å²) in [5.74, 6) is 2.87. The zero-order valence-corrected chi connectivity index (χ0v) is 17.9. The lowest BCUT2D eigenvalue weighted by atomic mass is 9.91. The maximum atomic E-state index is 10.2. The molecule has 0 bridgehead atoms. The summed E-state index contributed by atoms with van der Waals surface area (Å²) in [4.78, 5) is 3.21. The summed E-state index contributed by atoms with van der Waals surface area (Å²) >= 11 is 1.76. The lowest BCUT2D eigenvalue weighted by molar-refractivity contribution is 0.0546. The monoisotopic (exact) mass is 413 g/mol. The third-order valence-corrected chi connectivity index (χ3v) is 7.40. The average molecular weight is 414 g/mol. The molecule has 0 saturated carbocycles. The molecule has 6 heteroatoms. The Balaban J connectivity index is 1.38. The Morgan fingerprint density at radius 1 is 1.10 bits per heavy atom. The molecule has 3 atom stereocenters. The lowest BCUT2D eigenvalue weighted by Crippen LogP contribution is -2.35. The zero-order chi connectivity index (χ0) is 20.2. The van der Waals surface area contributed by atoms with Crippen molar-refractivity contribution in [2.24, 2.45) is 0 Å². The van der Waals surface area contributed by atoms with Crippen LogP contribution in [0.1, 0.15) is 56.7 Å². The van der Waals surface area contributed by atoms with E-state index >= 15 is 0 Å². The molecule has 0 spiro atoms. The smallest absolute Gasteiger partial charge is 0.231 e. The molecule has 1 fully saturated rings. The summed E-state index contributed by atoms with van der Waals surface area (Å²) in [5.41, 5.74) is 2.48. The van der Waals surface area contributed by atoms with Gasteiger partial charge in [0.15, 0.2) is 16.4 Å². The van der Waals surface area contributed by atoms with Crippen molar-refractivity contribution in [1.29, 1.82) is 0 Å². The fraction of sp³-hybridized carbons (Fsp3) is 0.478. The van der Waals surface area contributed by atoms with Crippen LogP contribution >= 0.6 is 11.8 Å². The van der Waals surface area contributed by atoms with E-state index < -0.39 is 0 Å². The third-order valence-electron chi connectivity index (χ3n) is 6.29. The molecule has 29 heavy (non-hydrogen) atoms. The molecule has 5 rings (SSSR count). The van der Waals surface area contributed by atoms with Gasteiger partial charge in [-0.25, -0.2) is 0 Å². The second kappa shape index (κ2) is 7.11. The summed E-state index contributed by atoms with van der Waals surface area (Å²) in [6.45, 7) is 6.77. The molecule has 3 aliphatic heterocycles.